The summed E-state index contributed by atoms with van der Waals surface area (Å²) in [7, 11) is -3.28. The highest BCUT2D eigenvalue weighted by Crippen LogP contribution is 2.34. The van der Waals surface area contributed by atoms with Crippen LogP contribution in [0, 0.1) is 0 Å². The molecule has 0 amide bonds. The second-order valence-electron chi connectivity index (χ2n) is 6.51. The van der Waals surface area contributed by atoms with Crippen molar-refractivity contribution < 1.29 is 8.42 Å². The first-order chi connectivity index (χ1) is 11.5. The summed E-state index contributed by atoms with van der Waals surface area (Å²) in [5.41, 5.74) is 1.88. The molecule has 2 aromatic heterocycles. The number of rotatable bonds is 6. The smallest absolute Gasteiger partial charge is 0.178 e. The number of aromatic nitrogens is 4. The Hall–Kier alpha value is -1.67. The Morgan fingerprint density at radius 2 is 2.17 bits per heavy atom. The van der Waals surface area contributed by atoms with E-state index in [-0.39, 0.29) is 6.04 Å². The molecule has 7 nitrogen and oxygen atoms in total. The van der Waals surface area contributed by atoms with Crippen LogP contribution in [-0.2, 0) is 22.9 Å². The number of hydrogen-bond donors (Lipinski definition) is 1. The Bertz CT molecular complexity index is 780. The molecule has 3 heterocycles. The molecule has 1 saturated heterocycles. The fraction of sp³-hybridized carbons (Fsp3) is 0.625. The molecule has 1 aliphatic rings. The fourth-order valence-electron chi connectivity index (χ4n) is 3.40. The maximum atomic E-state index is 12.0. The van der Waals surface area contributed by atoms with Crippen LogP contribution < -0.4 is 0 Å². The van der Waals surface area contributed by atoms with E-state index in [1.165, 1.54) is 12.5 Å². The summed E-state index contributed by atoms with van der Waals surface area (Å²) in [6.07, 6.45) is 10.9. The Balaban J connectivity index is 1.82. The Labute approximate surface area is 143 Å². The summed E-state index contributed by atoms with van der Waals surface area (Å²) in [5.74, 6) is 0. The van der Waals surface area contributed by atoms with Gasteiger partial charge in [-0.05, 0) is 25.8 Å². The van der Waals surface area contributed by atoms with Gasteiger partial charge in [0.25, 0.3) is 0 Å². The van der Waals surface area contributed by atoms with Crippen molar-refractivity contribution in [2.75, 3.05) is 12.8 Å². The number of aromatic amines is 1. The molecule has 0 unspecified atom stereocenters. The SMILES string of the molecule is CCCn1cc(CN2CCCC[C@@H]2c2[nH]ncc2S(C)(=O)=O)cn1. The van der Waals surface area contributed by atoms with Gasteiger partial charge in [0.2, 0.25) is 0 Å². The van der Waals surface area contributed by atoms with Gasteiger partial charge in [0.1, 0.15) is 4.90 Å². The number of sulfone groups is 1. The lowest BCUT2D eigenvalue weighted by molar-refractivity contribution is 0.135. The van der Waals surface area contributed by atoms with E-state index in [9.17, 15) is 8.42 Å². The van der Waals surface area contributed by atoms with Crippen LogP contribution in [0.25, 0.3) is 0 Å². The van der Waals surface area contributed by atoms with E-state index in [1.807, 2.05) is 10.9 Å². The van der Waals surface area contributed by atoms with Crippen LogP contribution >= 0.6 is 0 Å². The zero-order valence-electron chi connectivity index (χ0n) is 14.3. The van der Waals surface area contributed by atoms with Gasteiger partial charge in [0, 0.05) is 31.1 Å². The van der Waals surface area contributed by atoms with Crippen molar-refractivity contribution in [3.8, 4) is 0 Å². The summed E-state index contributed by atoms with van der Waals surface area (Å²) in [5, 5.41) is 11.3. The third kappa shape index (κ3) is 3.70. The molecule has 1 aliphatic heterocycles. The van der Waals surface area contributed by atoms with E-state index >= 15 is 0 Å². The van der Waals surface area contributed by atoms with Gasteiger partial charge in [-0.15, -0.1) is 0 Å². The van der Waals surface area contributed by atoms with Crippen LogP contribution in [0.1, 0.15) is 49.9 Å². The number of nitrogens with one attached hydrogen (secondary N) is 1. The first kappa shape index (κ1) is 17.2. The third-order valence-corrected chi connectivity index (χ3v) is 5.63. The van der Waals surface area contributed by atoms with Crippen molar-refractivity contribution in [2.24, 2.45) is 0 Å². The normalized spacial score (nSPS) is 19.7. The monoisotopic (exact) mass is 351 g/mol. The second kappa shape index (κ2) is 7.06. The van der Waals surface area contributed by atoms with Gasteiger partial charge in [0.15, 0.2) is 9.84 Å². The average molecular weight is 351 g/mol. The van der Waals surface area contributed by atoms with E-state index in [4.69, 9.17) is 0 Å². The van der Waals surface area contributed by atoms with Crippen molar-refractivity contribution in [3.05, 3.63) is 29.8 Å². The average Bonchev–Trinajstić information content (AvgIpc) is 3.17. The lowest BCUT2D eigenvalue weighted by atomic mass is 9.99. The number of H-pyrrole nitrogens is 1. The minimum Gasteiger partial charge on any atom is -0.290 e. The van der Waals surface area contributed by atoms with Crippen LogP contribution in [-0.4, -0.2) is 46.1 Å². The molecule has 0 spiro atoms. The van der Waals surface area contributed by atoms with Crippen molar-refractivity contribution in [1.82, 2.24) is 24.9 Å². The van der Waals surface area contributed by atoms with Gasteiger partial charge < -0.3 is 0 Å². The summed E-state index contributed by atoms with van der Waals surface area (Å²) in [4.78, 5) is 2.65. The topological polar surface area (TPSA) is 83.9 Å². The van der Waals surface area contributed by atoms with Crippen molar-refractivity contribution in [2.45, 2.75) is 56.6 Å². The first-order valence-electron chi connectivity index (χ1n) is 8.47. The van der Waals surface area contributed by atoms with E-state index < -0.39 is 9.84 Å². The number of aryl methyl sites for hydroxylation is 1. The maximum Gasteiger partial charge on any atom is 0.178 e. The number of nitrogens with zero attached hydrogens (tertiary/aromatic N) is 4. The molecule has 0 aliphatic carbocycles. The van der Waals surface area contributed by atoms with Gasteiger partial charge in [-0.2, -0.15) is 10.2 Å². The molecular weight excluding hydrogens is 326 g/mol. The molecule has 0 radical (unpaired) electrons. The van der Waals surface area contributed by atoms with E-state index in [1.54, 1.807) is 0 Å². The van der Waals surface area contributed by atoms with Gasteiger partial charge in [-0.3, -0.25) is 14.7 Å². The summed E-state index contributed by atoms with van der Waals surface area (Å²) in [6.45, 7) is 4.78. The predicted octanol–water partition coefficient (Wildman–Crippen LogP) is 2.15. The van der Waals surface area contributed by atoms with E-state index in [0.29, 0.717) is 4.90 Å². The van der Waals surface area contributed by atoms with E-state index in [2.05, 4.69) is 33.3 Å². The quantitative estimate of drug-likeness (QED) is 0.862. The number of hydrogen-bond acceptors (Lipinski definition) is 5. The summed E-state index contributed by atoms with van der Waals surface area (Å²) in [6, 6.07) is 0.0560. The largest absolute Gasteiger partial charge is 0.290 e. The predicted molar refractivity (Wildman–Crippen MR) is 91.2 cm³/mol. The van der Waals surface area contributed by atoms with Crippen molar-refractivity contribution in [1.29, 1.82) is 0 Å². The third-order valence-electron chi connectivity index (χ3n) is 4.50. The molecule has 1 atom stereocenters. The van der Waals surface area contributed by atoms with Crippen molar-refractivity contribution >= 4 is 9.84 Å². The van der Waals surface area contributed by atoms with Crippen LogP contribution in [0.5, 0.6) is 0 Å². The van der Waals surface area contributed by atoms with Gasteiger partial charge >= 0.3 is 0 Å². The second-order valence-corrected chi connectivity index (χ2v) is 8.50. The molecule has 2 aromatic rings. The highest BCUT2D eigenvalue weighted by atomic mass is 32.2. The lowest BCUT2D eigenvalue weighted by Crippen LogP contribution is -2.33. The van der Waals surface area contributed by atoms with Crippen LogP contribution in [0.3, 0.4) is 0 Å². The minimum atomic E-state index is -3.28. The van der Waals surface area contributed by atoms with Crippen molar-refractivity contribution in [3.63, 3.8) is 0 Å². The molecule has 24 heavy (non-hydrogen) atoms. The molecule has 0 aromatic carbocycles. The van der Waals surface area contributed by atoms with Crippen LogP contribution in [0.15, 0.2) is 23.5 Å². The standard InChI is InChI=1S/C16H25N5O2S/c1-3-7-21-12-13(9-18-21)11-20-8-5-4-6-14(20)16-15(10-17-19-16)24(2,22)23/h9-10,12,14H,3-8,11H2,1-2H3,(H,17,19)/t14-/m1/s1. The Kier molecular flexibility index (Phi) is 5.05. The van der Waals surface area contributed by atoms with Gasteiger partial charge in [-0.25, -0.2) is 8.42 Å². The molecule has 1 N–H and O–H groups in total. The van der Waals surface area contributed by atoms with Crippen LogP contribution in [0.2, 0.25) is 0 Å². The fourth-order valence-corrected chi connectivity index (χ4v) is 4.23. The molecule has 8 heteroatoms. The Morgan fingerprint density at radius 3 is 2.92 bits per heavy atom. The highest BCUT2D eigenvalue weighted by Gasteiger charge is 2.30. The molecule has 132 valence electrons. The zero-order chi connectivity index (χ0) is 17.2. The van der Waals surface area contributed by atoms with Gasteiger partial charge in [0.05, 0.1) is 24.1 Å². The lowest BCUT2D eigenvalue weighted by Gasteiger charge is -2.35. The maximum absolute atomic E-state index is 12.0. The van der Waals surface area contributed by atoms with Gasteiger partial charge in [-0.1, -0.05) is 13.3 Å². The molecule has 1 fully saturated rings. The van der Waals surface area contributed by atoms with Crippen LogP contribution in [0.4, 0.5) is 0 Å². The molecule has 0 saturated carbocycles. The highest BCUT2D eigenvalue weighted by molar-refractivity contribution is 7.90. The molecular formula is C16H25N5O2S. The van der Waals surface area contributed by atoms with E-state index in [0.717, 1.165) is 56.6 Å². The molecule has 0 bridgehead atoms. The summed E-state index contributed by atoms with van der Waals surface area (Å²) < 4.78 is 26.0. The summed E-state index contributed by atoms with van der Waals surface area (Å²) >= 11 is 0. The zero-order valence-corrected chi connectivity index (χ0v) is 15.1. The number of likely N-dealkylation sites (tertiary alicyclic amines) is 1. The molecule has 3 rings (SSSR count). The Morgan fingerprint density at radius 1 is 1.33 bits per heavy atom. The number of piperidine rings is 1. The first-order valence-corrected chi connectivity index (χ1v) is 10.4. The minimum absolute atomic E-state index is 0.0560.